The van der Waals surface area contributed by atoms with E-state index in [0.29, 0.717) is 17.8 Å². The van der Waals surface area contributed by atoms with Crippen LogP contribution >= 0.6 is 11.3 Å². The average molecular weight is 337 g/mol. The number of thiazole rings is 1. The number of benzene rings is 1. The van der Waals surface area contributed by atoms with Crippen LogP contribution < -0.4 is 0 Å². The molecule has 4 nitrogen and oxygen atoms in total. The molecule has 1 amide bonds. The fourth-order valence-electron chi connectivity index (χ4n) is 2.58. The first-order valence-electron chi connectivity index (χ1n) is 7.40. The number of rotatable bonds is 3. The van der Waals surface area contributed by atoms with Crippen LogP contribution in [-0.4, -0.2) is 46.9 Å². The quantitative estimate of drug-likeness (QED) is 0.864. The Morgan fingerprint density at radius 1 is 1.22 bits per heavy atom. The molecule has 0 aliphatic carbocycles. The van der Waals surface area contributed by atoms with E-state index >= 15 is 0 Å². The monoisotopic (exact) mass is 337 g/mol. The van der Waals surface area contributed by atoms with E-state index in [1.807, 2.05) is 10.3 Å². The molecule has 1 aromatic carbocycles. The van der Waals surface area contributed by atoms with Crippen LogP contribution in [0.4, 0.5) is 8.78 Å². The van der Waals surface area contributed by atoms with E-state index in [0.717, 1.165) is 37.3 Å². The molecular weight excluding hydrogens is 320 g/mol. The van der Waals surface area contributed by atoms with Crippen molar-refractivity contribution in [3.05, 3.63) is 40.2 Å². The first kappa shape index (κ1) is 16.0. The summed E-state index contributed by atoms with van der Waals surface area (Å²) in [7, 11) is 0. The Kier molecular flexibility index (Phi) is 4.68. The zero-order valence-electron chi connectivity index (χ0n) is 12.8. The van der Waals surface area contributed by atoms with Gasteiger partial charge in [0.1, 0.15) is 5.01 Å². The van der Waals surface area contributed by atoms with Gasteiger partial charge in [0.2, 0.25) is 5.91 Å². The van der Waals surface area contributed by atoms with Gasteiger partial charge in [-0.15, -0.1) is 11.3 Å². The SMILES string of the molecule is CC(=O)N1CCN(Cc2nc(-c3ccc(F)c(F)c3)cs2)CC1. The summed E-state index contributed by atoms with van der Waals surface area (Å²) in [4.78, 5) is 19.9. The minimum absolute atomic E-state index is 0.111. The summed E-state index contributed by atoms with van der Waals surface area (Å²) in [5.74, 6) is -1.61. The van der Waals surface area contributed by atoms with E-state index < -0.39 is 11.6 Å². The first-order valence-corrected chi connectivity index (χ1v) is 8.28. The highest BCUT2D eigenvalue weighted by Gasteiger charge is 2.19. The van der Waals surface area contributed by atoms with Crippen molar-refractivity contribution >= 4 is 17.2 Å². The molecule has 0 atom stereocenters. The summed E-state index contributed by atoms with van der Waals surface area (Å²) in [5.41, 5.74) is 1.24. The van der Waals surface area contributed by atoms with Gasteiger partial charge in [-0.05, 0) is 18.2 Å². The van der Waals surface area contributed by atoms with E-state index in [-0.39, 0.29) is 5.91 Å². The van der Waals surface area contributed by atoms with Gasteiger partial charge in [0, 0.05) is 44.0 Å². The van der Waals surface area contributed by atoms with Gasteiger partial charge in [0.25, 0.3) is 0 Å². The van der Waals surface area contributed by atoms with Gasteiger partial charge in [-0.25, -0.2) is 13.8 Å². The van der Waals surface area contributed by atoms with Crippen molar-refractivity contribution in [1.82, 2.24) is 14.8 Å². The van der Waals surface area contributed by atoms with Gasteiger partial charge in [0.05, 0.1) is 12.2 Å². The van der Waals surface area contributed by atoms with Crippen LogP contribution in [0.3, 0.4) is 0 Å². The highest BCUT2D eigenvalue weighted by Crippen LogP contribution is 2.24. The third-order valence-electron chi connectivity index (χ3n) is 3.94. The zero-order chi connectivity index (χ0) is 16.4. The van der Waals surface area contributed by atoms with E-state index in [1.54, 1.807) is 6.92 Å². The van der Waals surface area contributed by atoms with Gasteiger partial charge < -0.3 is 4.90 Å². The van der Waals surface area contributed by atoms with Crippen LogP contribution in [0, 0.1) is 11.6 Å². The van der Waals surface area contributed by atoms with Crippen LogP contribution in [0.25, 0.3) is 11.3 Å². The normalized spacial score (nSPS) is 15.9. The molecule has 1 aliphatic rings. The molecule has 7 heteroatoms. The lowest BCUT2D eigenvalue weighted by molar-refractivity contribution is -0.130. The standard InChI is InChI=1S/C16H17F2N3OS/c1-11(22)21-6-4-20(5-7-21)9-16-19-15(10-23-16)12-2-3-13(17)14(18)8-12/h2-3,8,10H,4-7,9H2,1H3. The lowest BCUT2D eigenvalue weighted by Gasteiger charge is -2.33. The molecule has 3 rings (SSSR count). The number of hydrogen-bond acceptors (Lipinski definition) is 4. The average Bonchev–Trinajstić information content (AvgIpc) is 2.99. The van der Waals surface area contributed by atoms with Crippen molar-refractivity contribution in [1.29, 1.82) is 0 Å². The largest absolute Gasteiger partial charge is 0.340 e. The van der Waals surface area contributed by atoms with Crippen LogP contribution in [-0.2, 0) is 11.3 Å². The second kappa shape index (κ2) is 6.72. The summed E-state index contributed by atoms with van der Waals surface area (Å²) in [6.45, 7) is 5.40. The molecule has 1 fully saturated rings. The molecule has 2 heterocycles. The second-order valence-corrected chi connectivity index (χ2v) is 6.48. The third-order valence-corrected chi connectivity index (χ3v) is 4.78. The first-order chi connectivity index (χ1) is 11.0. The number of amides is 1. The van der Waals surface area contributed by atoms with E-state index in [4.69, 9.17) is 0 Å². The molecule has 2 aromatic rings. The van der Waals surface area contributed by atoms with Crippen molar-refractivity contribution in [2.45, 2.75) is 13.5 Å². The van der Waals surface area contributed by atoms with Gasteiger partial charge >= 0.3 is 0 Å². The molecule has 1 aliphatic heterocycles. The maximum absolute atomic E-state index is 13.3. The second-order valence-electron chi connectivity index (χ2n) is 5.54. The van der Waals surface area contributed by atoms with E-state index in [1.165, 1.54) is 23.5 Å². The lowest BCUT2D eigenvalue weighted by atomic mass is 10.2. The Balaban J connectivity index is 1.64. The van der Waals surface area contributed by atoms with Crippen molar-refractivity contribution in [3.63, 3.8) is 0 Å². The number of halogens is 2. The maximum atomic E-state index is 13.3. The molecule has 0 unspecified atom stereocenters. The molecule has 0 bridgehead atoms. The van der Waals surface area contributed by atoms with Crippen molar-refractivity contribution in [3.8, 4) is 11.3 Å². The summed E-state index contributed by atoms with van der Waals surface area (Å²) in [5, 5.41) is 2.79. The minimum atomic E-state index is -0.864. The molecule has 1 saturated heterocycles. The van der Waals surface area contributed by atoms with Crippen LogP contribution in [0.1, 0.15) is 11.9 Å². The molecule has 23 heavy (non-hydrogen) atoms. The highest BCUT2D eigenvalue weighted by atomic mass is 32.1. The smallest absolute Gasteiger partial charge is 0.219 e. The maximum Gasteiger partial charge on any atom is 0.219 e. The Labute approximate surface area is 137 Å². The number of piperazine rings is 1. The van der Waals surface area contributed by atoms with Gasteiger partial charge in [-0.1, -0.05) is 0 Å². The van der Waals surface area contributed by atoms with Gasteiger partial charge in [0.15, 0.2) is 11.6 Å². The molecule has 1 aromatic heterocycles. The van der Waals surface area contributed by atoms with Crippen LogP contribution in [0.15, 0.2) is 23.6 Å². The summed E-state index contributed by atoms with van der Waals surface area (Å²) >= 11 is 1.51. The fraction of sp³-hybridized carbons (Fsp3) is 0.375. The van der Waals surface area contributed by atoms with Gasteiger partial charge in [-0.2, -0.15) is 0 Å². The van der Waals surface area contributed by atoms with Crippen molar-refractivity contribution in [2.24, 2.45) is 0 Å². The molecule has 0 spiro atoms. The summed E-state index contributed by atoms with van der Waals surface area (Å²) in [6, 6.07) is 3.81. The highest BCUT2D eigenvalue weighted by molar-refractivity contribution is 7.09. The Morgan fingerprint density at radius 2 is 1.96 bits per heavy atom. The predicted octanol–water partition coefficient (Wildman–Crippen LogP) is 2.75. The number of carbonyl (C=O) groups is 1. The topological polar surface area (TPSA) is 36.4 Å². The molecule has 0 saturated carbocycles. The summed E-state index contributed by atoms with van der Waals surface area (Å²) in [6.07, 6.45) is 0. The zero-order valence-corrected chi connectivity index (χ0v) is 13.6. The Morgan fingerprint density at radius 3 is 2.61 bits per heavy atom. The van der Waals surface area contributed by atoms with E-state index in [9.17, 15) is 13.6 Å². The Bertz CT molecular complexity index is 711. The van der Waals surface area contributed by atoms with E-state index in [2.05, 4.69) is 9.88 Å². The molecular formula is C16H17F2N3OS. The number of nitrogens with zero attached hydrogens (tertiary/aromatic N) is 3. The Hall–Kier alpha value is -1.86. The van der Waals surface area contributed by atoms with Crippen molar-refractivity contribution in [2.75, 3.05) is 26.2 Å². The third kappa shape index (κ3) is 3.73. The number of carbonyl (C=O) groups excluding carboxylic acids is 1. The predicted molar refractivity (Wildman–Crippen MR) is 85.0 cm³/mol. The fourth-order valence-corrected chi connectivity index (χ4v) is 3.43. The number of hydrogen-bond donors (Lipinski definition) is 0. The number of aromatic nitrogens is 1. The summed E-state index contributed by atoms with van der Waals surface area (Å²) < 4.78 is 26.3. The molecule has 0 radical (unpaired) electrons. The minimum Gasteiger partial charge on any atom is -0.340 e. The van der Waals surface area contributed by atoms with Crippen molar-refractivity contribution < 1.29 is 13.6 Å². The van der Waals surface area contributed by atoms with Crippen LogP contribution in [0.2, 0.25) is 0 Å². The lowest BCUT2D eigenvalue weighted by Crippen LogP contribution is -2.47. The van der Waals surface area contributed by atoms with Gasteiger partial charge in [-0.3, -0.25) is 9.69 Å². The molecule has 122 valence electrons. The molecule has 0 N–H and O–H groups in total. The van der Waals surface area contributed by atoms with Crippen LogP contribution in [0.5, 0.6) is 0 Å².